The second-order valence-electron chi connectivity index (χ2n) is 4.88. The smallest absolute Gasteiger partial charge is 0.230 e. The maximum atomic E-state index is 12.1. The van der Waals surface area contributed by atoms with Crippen LogP contribution in [-0.2, 0) is 11.4 Å². The molecule has 1 aromatic carbocycles. The van der Waals surface area contributed by atoms with Crippen molar-refractivity contribution < 1.29 is 9.90 Å². The minimum atomic E-state index is -0.117. The zero-order valence-electron chi connectivity index (χ0n) is 12.1. The Morgan fingerprint density at radius 3 is 2.35 bits per heavy atom. The molecule has 0 unspecified atom stereocenters. The van der Waals surface area contributed by atoms with E-state index in [0.717, 1.165) is 16.8 Å². The Morgan fingerprint density at radius 1 is 1.30 bits per heavy atom. The minimum absolute atomic E-state index is 0.0844. The first-order valence-corrected chi connectivity index (χ1v) is 7.25. The van der Waals surface area contributed by atoms with Gasteiger partial charge in [-0.3, -0.25) is 9.69 Å². The Bertz CT molecular complexity index is 626. The molecule has 1 N–H and O–H groups in total. The second kappa shape index (κ2) is 5.73. The van der Waals surface area contributed by atoms with Crippen LogP contribution in [0.1, 0.15) is 29.3 Å². The monoisotopic (exact) mass is 290 g/mol. The van der Waals surface area contributed by atoms with Gasteiger partial charge in [-0.05, 0) is 31.9 Å². The molecule has 0 saturated heterocycles. The highest BCUT2D eigenvalue weighted by Gasteiger charge is 2.21. The zero-order valence-corrected chi connectivity index (χ0v) is 12.9. The predicted octanol–water partition coefficient (Wildman–Crippen LogP) is 3.25. The van der Waals surface area contributed by atoms with E-state index in [1.54, 1.807) is 10.3 Å². The number of aliphatic hydroxyl groups is 1. The van der Waals surface area contributed by atoms with E-state index in [9.17, 15) is 4.79 Å². The summed E-state index contributed by atoms with van der Waals surface area (Å²) in [6.45, 7) is 7.43. The second-order valence-corrected chi connectivity index (χ2v) is 5.72. The number of rotatable bonds is 3. The Hall–Kier alpha value is -1.72. The third-order valence-corrected chi connectivity index (χ3v) is 3.94. The molecule has 0 aliphatic carbocycles. The SMILES string of the molecule is CC(=O)N(c1nc(CO)cs1)c1c(C)cc(C)cc1C. The molecule has 2 rings (SSSR count). The largest absolute Gasteiger partial charge is 0.390 e. The number of thiazole rings is 1. The van der Waals surface area contributed by atoms with E-state index in [2.05, 4.69) is 17.1 Å². The van der Waals surface area contributed by atoms with Gasteiger partial charge in [0.1, 0.15) is 0 Å². The first-order chi connectivity index (χ1) is 9.43. The first-order valence-electron chi connectivity index (χ1n) is 6.38. The van der Waals surface area contributed by atoms with Crippen LogP contribution in [0.15, 0.2) is 17.5 Å². The average molecular weight is 290 g/mol. The minimum Gasteiger partial charge on any atom is -0.390 e. The summed E-state index contributed by atoms with van der Waals surface area (Å²) in [6, 6.07) is 4.11. The van der Waals surface area contributed by atoms with Crippen LogP contribution in [0.4, 0.5) is 10.8 Å². The molecule has 0 spiro atoms. The Kier molecular flexibility index (Phi) is 4.20. The number of aryl methyl sites for hydroxylation is 3. The summed E-state index contributed by atoms with van der Waals surface area (Å²) in [4.78, 5) is 18.0. The Morgan fingerprint density at radius 2 is 1.90 bits per heavy atom. The summed E-state index contributed by atoms with van der Waals surface area (Å²) in [5.41, 5.74) is 4.71. The van der Waals surface area contributed by atoms with Gasteiger partial charge in [-0.1, -0.05) is 17.7 Å². The van der Waals surface area contributed by atoms with E-state index >= 15 is 0 Å². The molecule has 106 valence electrons. The number of amides is 1. The number of aliphatic hydroxyl groups excluding tert-OH is 1. The number of anilines is 2. The highest BCUT2D eigenvalue weighted by molar-refractivity contribution is 7.14. The first kappa shape index (κ1) is 14.7. The fraction of sp³-hybridized carbons (Fsp3) is 0.333. The van der Waals surface area contributed by atoms with Gasteiger partial charge in [-0.25, -0.2) is 4.98 Å². The van der Waals surface area contributed by atoms with Gasteiger partial charge in [-0.2, -0.15) is 0 Å². The number of hydrogen-bond donors (Lipinski definition) is 1. The van der Waals surface area contributed by atoms with Crippen LogP contribution >= 0.6 is 11.3 Å². The molecule has 0 atom stereocenters. The molecule has 0 radical (unpaired) electrons. The summed E-state index contributed by atoms with van der Waals surface area (Å²) in [6.07, 6.45) is 0. The van der Waals surface area contributed by atoms with Crippen LogP contribution in [-0.4, -0.2) is 16.0 Å². The van der Waals surface area contributed by atoms with Crippen LogP contribution < -0.4 is 4.90 Å². The van der Waals surface area contributed by atoms with Crippen molar-refractivity contribution in [3.63, 3.8) is 0 Å². The third-order valence-electron chi connectivity index (χ3n) is 3.07. The summed E-state index contributed by atoms with van der Waals surface area (Å²) in [5, 5.41) is 11.5. The lowest BCUT2D eigenvalue weighted by molar-refractivity contribution is -0.115. The van der Waals surface area contributed by atoms with Crippen molar-refractivity contribution in [2.24, 2.45) is 0 Å². The van der Waals surface area contributed by atoms with Crippen molar-refractivity contribution in [2.45, 2.75) is 34.3 Å². The van der Waals surface area contributed by atoms with E-state index in [1.807, 2.05) is 20.8 Å². The summed E-state index contributed by atoms with van der Waals surface area (Å²) in [7, 11) is 0. The summed E-state index contributed by atoms with van der Waals surface area (Å²) < 4.78 is 0. The number of hydrogen-bond acceptors (Lipinski definition) is 4. The molecule has 2 aromatic rings. The number of carbonyl (C=O) groups excluding carboxylic acids is 1. The molecule has 0 aliphatic rings. The van der Waals surface area contributed by atoms with Gasteiger partial charge in [0.15, 0.2) is 5.13 Å². The molecule has 1 amide bonds. The molecule has 0 fully saturated rings. The maximum Gasteiger partial charge on any atom is 0.230 e. The molecule has 1 aromatic heterocycles. The van der Waals surface area contributed by atoms with E-state index in [4.69, 9.17) is 5.11 Å². The topological polar surface area (TPSA) is 53.4 Å². The van der Waals surface area contributed by atoms with E-state index in [0.29, 0.717) is 10.8 Å². The van der Waals surface area contributed by atoms with Crippen LogP contribution in [0.3, 0.4) is 0 Å². The molecule has 20 heavy (non-hydrogen) atoms. The Balaban J connectivity index is 2.57. The normalized spacial score (nSPS) is 10.7. The van der Waals surface area contributed by atoms with Crippen molar-refractivity contribution >= 4 is 28.1 Å². The zero-order chi connectivity index (χ0) is 14.9. The Labute approximate surface area is 122 Å². The van der Waals surface area contributed by atoms with Gasteiger partial charge in [0, 0.05) is 12.3 Å². The van der Waals surface area contributed by atoms with Crippen molar-refractivity contribution in [3.05, 3.63) is 39.9 Å². The lowest BCUT2D eigenvalue weighted by Crippen LogP contribution is -2.24. The third kappa shape index (κ3) is 2.73. The fourth-order valence-electron chi connectivity index (χ4n) is 2.38. The molecule has 0 saturated carbocycles. The summed E-state index contributed by atoms with van der Waals surface area (Å²) in [5.74, 6) is -0.0844. The van der Waals surface area contributed by atoms with E-state index < -0.39 is 0 Å². The van der Waals surface area contributed by atoms with Crippen molar-refractivity contribution in [2.75, 3.05) is 4.90 Å². The van der Waals surface area contributed by atoms with Gasteiger partial charge in [0.2, 0.25) is 5.91 Å². The van der Waals surface area contributed by atoms with E-state index in [-0.39, 0.29) is 12.5 Å². The number of aromatic nitrogens is 1. The number of benzene rings is 1. The van der Waals surface area contributed by atoms with Gasteiger partial charge in [0.25, 0.3) is 0 Å². The van der Waals surface area contributed by atoms with Crippen LogP contribution in [0.5, 0.6) is 0 Å². The van der Waals surface area contributed by atoms with E-state index in [1.165, 1.54) is 23.8 Å². The number of nitrogens with zero attached hydrogens (tertiary/aromatic N) is 2. The van der Waals surface area contributed by atoms with Gasteiger partial charge in [-0.15, -0.1) is 11.3 Å². The summed E-state index contributed by atoms with van der Waals surface area (Å²) >= 11 is 1.36. The van der Waals surface area contributed by atoms with Crippen LogP contribution in [0.25, 0.3) is 0 Å². The molecule has 1 heterocycles. The lowest BCUT2D eigenvalue weighted by Gasteiger charge is -2.23. The standard InChI is InChI=1S/C15H18N2O2S/c1-9-5-10(2)14(11(3)6-9)17(12(4)19)15-16-13(7-18)8-20-15/h5-6,8,18H,7H2,1-4H3. The average Bonchev–Trinajstić information content (AvgIpc) is 2.81. The van der Waals surface area contributed by atoms with Crippen molar-refractivity contribution in [3.8, 4) is 0 Å². The lowest BCUT2D eigenvalue weighted by atomic mass is 10.0. The molecule has 0 aliphatic heterocycles. The van der Waals surface area contributed by atoms with Crippen molar-refractivity contribution in [1.29, 1.82) is 0 Å². The van der Waals surface area contributed by atoms with Gasteiger partial charge >= 0.3 is 0 Å². The maximum absolute atomic E-state index is 12.1. The molecule has 0 bridgehead atoms. The van der Waals surface area contributed by atoms with Crippen LogP contribution in [0.2, 0.25) is 0 Å². The molecular formula is C15H18N2O2S. The highest BCUT2D eigenvalue weighted by atomic mass is 32.1. The van der Waals surface area contributed by atoms with Gasteiger partial charge < -0.3 is 5.11 Å². The molecular weight excluding hydrogens is 272 g/mol. The van der Waals surface area contributed by atoms with Gasteiger partial charge in [0.05, 0.1) is 18.0 Å². The van der Waals surface area contributed by atoms with Crippen LogP contribution in [0, 0.1) is 20.8 Å². The quantitative estimate of drug-likeness (QED) is 0.944. The number of carbonyl (C=O) groups is 1. The fourth-order valence-corrected chi connectivity index (χ4v) is 3.25. The van der Waals surface area contributed by atoms with Crippen molar-refractivity contribution in [1.82, 2.24) is 4.98 Å². The molecule has 4 nitrogen and oxygen atoms in total. The molecule has 5 heteroatoms. The predicted molar refractivity (Wildman–Crippen MR) is 81.5 cm³/mol. The highest BCUT2D eigenvalue weighted by Crippen LogP contribution is 2.34.